The number of rotatable bonds is 8. The molecule has 1 unspecified atom stereocenters. The minimum Gasteiger partial charge on any atom is -0.390 e. The summed E-state index contributed by atoms with van der Waals surface area (Å²) >= 11 is 0. The highest BCUT2D eigenvalue weighted by atomic mass is 16.3. The van der Waals surface area contributed by atoms with Crippen LogP contribution in [0.4, 0.5) is 0 Å². The molecule has 1 atom stereocenters. The van der Waals surface area contributed by atoms with Crippen molar-refractivity contribution in [1.29, 1.82) is 0 Å². The molecule has 3 aliphatic rings. The van der Waals surface area contributed by atoms with Gasteiger partial charge in [0.1, 0.15) is 0 Å². The van der Waals surface area contributed by atoms with Crippen LogP contribution in [0.2, 0.25) is 0 Å². The second-order valence-corrected chi connectivity index (χ2v) is 9.88. The van der Waals surface area contributed by atoms with Crippen molar-refractivity contribution in [2.45, 2.75) is 134 Å². The normalized spacial score (nSPS) is 27.2. The summed E-state index contributed by atoms with van der Waals surface area (Å²) < 4.78 is 0. The molecule has 1 N–H and O–H groups in total. The molecule has 3 aliphatic carbocycles. The molecule has 0 aromatic heterocycles. The summed E-state index contributed by atoms with van der Waals surface area (Å²) in [5, 5.41) is 11.7. The lowest BCUT2D eigenvalue weighted by molar-refractivity contribution is -0.0544. The van der Waals surface area contributed by atoms with Crippen LogP contribution < -0.4 is 0 Å². The Kier molecular flexibility index (Phi) is 8.15. The van der Waals surface area contributed by atoms with E-state index in [0.29, 0.717) is 5.92 Å². The fourth-order valence-corrected chi connectivity index (χ4v) is 6.28. The number of hydrogen-bond acceptors (Lipinski definition) is 1. The summed E-state index contributed by atoms with van der Waals surface area (Å²) in [5.74, 6) is 2.50. The van der Waals surface area contributed by atoms with Crippen LogP contribution in [0.15, 0.2) is 0 Å². The summed E-state index contributed by atoms with van der Waals surface area (Å²) in [6.07, 6.45) is 27.4. The van der Waals surface area contributed by atoms with Gasteiger partial charge in [0.2, 0.25) is 0 Å². The lowest BCUT2D eigenvalue weighted by Gasteiger charge is -2.40. The smallest absolute Gasteiger partial charge is 0.0675 e. The molecule has 1 nitrogen and oxygen atoms in total. The van der Waals surface area contributed by atoms with Crippen molar-refractivity contribution in [3.63, 3.8) is 0 Å². The SMILES string of the molecule is OC(CCCC1CCCCC1)(CCC1CCCCC1)C1CCCCC1. The maximum absolute atomic E-state index is 11.7. The van der Waals surface area contributed by atoms with Crippen molar-refractivity contribution < 1.29 is 5.11 Å². The first-order valence-electron chi connectivity index (χ1n) is 12.0. The van der Waals surface area contributed by atoms with Crippen LogP contribution in [0.25, 0.3) is 0 Å². The molecule has 146 valence electrons. The highest BCUT2D eigenvalue weighted by Gasteiger charge is 2.37. The van der Waals surface area contributed by atoms with Gasteiger partial charge in [-0.15, -0.1) is 0 Å². The van der Waals surface area contributed by atoms with Crippen molar-refractivity contribution in [2.24, 2.45) is 17.8 Å². The van der Waals surface area contributed by atoms with Gasteiger partial charge in [-0.3, -0.25) is 0 Å². The van der Waals surface area contributed by atoms with Crippen LogP contribution in [-0.4, -0.2) is 10.7 Å². The standard InChI is InChI=1S/C24H44O/c25-24(23-16-8-3-9-17-23,20-18-22-13-6-2-7-14-22)19-10-15-21-11-4-1-5-12-21/h21-23,25H,1-20H2. The van der Waals surface area contributed by atoms with Gasteiger partial charge in [0, 0.05) is 0 Å². The Bertz CT molecular complexity index is 347. The van der Waals surface area contributed by atoms with E-state index in [1.54, 1.807) is 0 Å². The van der Waals surface area contributed by atoms with Crippen molar-refractivity contribution in [1.82, 2.24) is 0 Å². The van der Waals surface area contributed by atoms with Gasteiger partial charge < -0.3 is 5.11 Å². The summed E-state index contributed by atoms with van der Waals surface area (Å²) in [7, 11) is 0. The first-order chi connectivity index (χ1) is 12.3. The molecule has 0 aliphatic heterocycles. The Morgan fingerprint density at radius 3 is 1.60 bits per heavy atom. The maximum atomic E-state index is 11.7. The van der Waals surface area contributed by atoms with E-state index in [2.05, 4.69) is 0 Å². The quantitative estimate of drug-likeness (QED) is 0.484. The van der Waals surface area contributed by atoms with E-state index >= 15 is 0 Å². The molecule has 25 heavy (non-hydrogen) atoms. The van der Waals surface area contributed by atoms with Crippen LogP contribution in [-0.2, 0) is 0 Å². The number of hydrogen-bond donors (Lipinski definition) is 1. The Morgan fingerprint density at radius 2 is 1.04 bits per heavy atom. The van der Waals surface area contributed by atoms with Gasteiger partial charge in [-0.1, -0.05) is 96.3 Å². The van der Waals surface area contributed by atoms with Crippen molar-refractivity contribution in [3.05, 3.63) is 0 Å². The van der Waals surface area contributed by atoms with Crippen LogP contribution in [0.5, 0.6) is 0 Å². The minimum atomic E-state index is -0.327. The predicted molar refractivity (Wildman–Crippen MR) is 108 cm³/mol. The highest BCUT2D eigenvalue weighted by Crippen LogP contribution is 2.41. The summed E-state index contributed by atoms with van der Waals surface area (Å²) in [6, 6.07) is 0. The number of aliphatic hydroxyl groups is 1. The van der Waals surface area contributed by atoms with Crippen LogP contribution in [0, 0.1) is 17.8 Å². The molecule has 1 heteroatoms. The van der Waals surface area contributed by atoms with Crippen LogP contribution in [0.3, 0.4) is 0 Å². The fraction of sp³-hybridized carbons (Fsp3) is 1.00. The van der Waals surface area contributed by atoms with Gasteiger partial charge >= 0.3 is 0 Å². The van der Waals surface area contributed by atoms with E-state index < -0.39 is 0 Å². The minimum absolute atomic E-state index is 0.327. The van der Waals surface area contributed by atoms with E-state index in [1.165, 1.54) is 116 Å². The Labute approximate surface area is 157 Å². The van der Waals surface area contributed by atoms with Crippen molar-refractivity contribution >= 4 is 0 Å². The van der Waals surface area contributed by atoms with Gasteiger partial charge in [-0.2, -0.15) is 0 Å². The molecular formula is C24H44O. The van der Waals surface area contributed by atoms with Gasteiger partial charge in [-0.25, -0.2) is 0 Å². The van der Waals surface area contributed by atoms with Gasteiger partial charge in [0.05, 0.1) is 5.60 Å². The molecule has 0 bridgehead atoms. The molecule has 3 fully saturated rings. The monoisotopic (exact) mass is 348 g/mol. The Morgan fingerprint density at radius 1 is 0.560 bits per heavy atom. The van der Waals surface area contributed by atoms with Gasteiger partial charge in [0.25, 0.3) is 0 Å². The second kappa shape index (κ2) is 10.3. The zero-order valence-electron chi connectivity index (χ0n) is 16.8. The Hall–Kier alpha value is -0.0400. The van der Waals surface area contributed by atoms with E-state index in [9.17, 15) is 5.11 Å². The zero-order chi connectivity index (χ0) is 17.4. The van der Waals surface area contributed by atoms with Gasteiger partial charge in [-0.05, 0) is 49.9 Å². The van der Waals surface area contributed by atoms with Crippen LogP contribution in [0.1, 0.15) is 128 Å². The van der Waals surface area contributed by atoms with Gasteiger partial charge in [0.15, 0.2) is 0 Å². The second-order valence-electron chi connectivity index (χ2n) is 9.88. The molecule has 0 radical (unpaired) electrons. The third kappa shape index (κ3) is 6.26. The fourth-order valence-electron chi connectivity index (χ4n) is 6.28. The van der Waals surface area contributed by atoms with Crippen molar-refractivity contribution in [2.75, 3.05) is 0 Å². The lowest BCUT2D eigenvalue weighted by atomic mass is 9.70. The zero-order valence-corrected chi connectivity index (χ0v) is 16.8. The lowest BCUT2D eigenvalue weighted by Crippen LogP contribution is -2.40. The maximum Gasteiger partial charge on any atom is 0.0675 e. The molecule has 0 heterocycles. The van der Waals surface area contributed by atoms with Crippen LogP contribution >= 0.6 is 0 Å². The topological polar surface area (TPSA) is 20.2 Å². The third-order valence-electron chi connectivity index (χ3n) is 8.02. The first kappa shape index (κ1) is 19.7. The predicted octanol–water partition coefficient (Wildman–Crippen LogP) is 7.41. The molecule has 0 spiro atoms. The van der Waals surface area contributed by atoms with E-state index in [0.717, 1.165) is 24.7 Å². The molecule has 0 saturated heterocycles. The molecule has 0 aromatic rings. The van der Waals surface area contributed by atoms with E-state index in [1.807, 2.05) is 0 Å². The molecule has 0 amide bonds. The highest BCUT2D eigenvalue weighted by molar-refractivity contribution is 4.89. The molecule has 3 rings (SSSR count). The average Bonchev–Trinajstić information content (AvgIpc) is 2.69. The van der Waals surface area contributed by atoms with Crippen molar-refractivity contribution in [3.8, 4) is 0 Å². The van der Waals surface area contributed by atoms with E-state index in [4.69, 9.17) is 0 Å². The molecular weight excluding hydrogens is 304 g/mol. The average molecular weight is 349 g/mol. The summed E-state index contributed by atoms with van der Waals surface area (Å²) in [5.41, 5.74) is -0.327. The Balaban J connectivity index is 1.49. The third-order valence-corrected chi connectivity index (χ3v) is 8.02. The summed E-state index contributed by atoms with van der Waals surface area (Å²) in [4.78, 5) is 0. The first-order valence-corrected chi connectivity index (χ1v) is 12.0. The molecule has 3 saturated carbocycles. The molecule has 0 aromatic carbocycles. The van der Waals surface area contributed by atoms with E-state index in [-0.39, 0.29) is 5.60 Å². The largest absolute Gasteiger partial charge is 0.390 e. The summed E-state index contributed by atoms with van der Waals surface area (Å²) in [6.45, 7) is 0.